The molecule has 6 aliphatic carbocycles. The third-order valence-corrected chi connectivity index (χ3v) is 21.3. The van der Waals surface area contributed by atoms with Crippen molar-refractivity contribution in [3.63, 3.8) is 0 Å². The fourth-order valence-electron chi connectivity index (χ4n) is 16.3. The number of hydrogen-bond acceptors (Lipinski definition) is 9. The van der Waals surface area contributed by atoms with E-state index in [1.165, 1.54) is 63.4 Å². The number of carboxylic acid groups (broad SMARTS) is 2. The van der Waals surface area contributed by atoms with Crippen LogP contribution in [-0.4, -0.2) is 120 Å². The van der Waals surface area contributed by atoms with Crippen LogP contribution in [0.2, 0.25) is 0 Å². The summed E-state index contributed by atoms with van der Waals surface area (Å²) in [5.74, 6) is 4.74. The van der Waals surface area contributed by atoms with Gasteiger partial charge in [0.25, 0.3) is 0 Å². The molecule has 12 atom stereocenters. The van der Waals surface area contributed by atoms with Crippen LogP contribution < -0.4 is 0 Å². The summed E-state index contributed by atoms with van der Waals surface area (Å²) in [5, 5.41) is 18.4. The van der Waals surface area contributed by atoms with Gasteiger partial charge in [0.1, 0.15) is 12.2 Å². The zero-order valence-electron chi connectivity index (χ0n) is 49.9. The largest absolute Gasteiger partial charge is 0.481 e. The van der Waals surface area contributed by atoms with E-state index >= 15 is 0 Å². The van der Waals surface area contributed by atoms with Crippen LogP contribution in [0.3, 0.4) is 0 Å². The zero-order valence-corrected chi connectivity index (χ0v) is 49.9. The normalized spacial score (nSPS) is 31.6. The molecule has 0 saturated heterocycles. The molecule has 11 heteroatoms. The Balaban J connectivity index is 0.00000514. The number of carboxylic acids is 2. The van der Waals surface area contributed by atoms with E-state index < -0.39 is 11.9 Å². The molecule has 0 amide bonds. The lowest BCUT2D eigenvalue weighted by molar-refractivity contribution is -0.152. The van der Waals surface area contributed by atoms with Crippen molar-refractivity contribution in [1.29, 1.82) is 0 Å². The molecular weight excluding hydrogens is 939 g/mol. The maximum Gasteiger partial charge on any atom is 0.307 e. The van der Waals surface area contributed by atoms with Crippen molar-refractivity contribution in [1.82, 2.24) is 14.7 Å². The fraction of sp³-hybridized carbons (Fsp3) is 0.875. The van der Waals surface area contributed by atoms with Crippen LogP contribution in [0.5, 0.6) is 0 Å². The maximum absolute atomic E-state index is 13.7. The van der Waals surface area contributed by atoms with Crippen molar-refractivity contribution in [3.8, 4) is 0 Å². The Morgan fingerprint density at radius 1 is 0.653 bits per heavy atom. The first-order valence-electron chi connectivity index (χ1n) is 31.0. The predicted octanol–water partition coefficient (Wildman–Crippen LogP) is 13.7. The first-order chi connectivity index (χ1) is 35.7. The lowest BCUT2D eigenvalue weighted by Gasteiger charge is -2.58. The van der Waals surface area contributed by atoms with Gasteiger partial charge in [-0.05, 0) is 186 Å². The van der Waals surface area contributed by atoms with Crippen molar-refractivity contribution < 1.29 is 38.9 Å². The second-order valence-corrected chi connectivity index (χ2v) is 26.2. The Labute approximate surface area is 457 Å². The lowest BCUT2D eigenvalue weighted by Crippen LogP contribution is -2.50. The first kappa shape index (κ1) is 63.1. The Morgan fingerprint density at radius 3 is 1.69 bits per heavy atom. The van der Waals surface area contributed by atoms with Crippen LogP contribution in [0.1, 0.15) is 217 Å². The Kier molecular flexibility index (Phi) is 24.8. The third kappa shape index (κ3) is 16.9. The molecule has 6 rings (SSSR count). The van der Waals surface area contributed by atoms with E-state index in [9.17, 15) is 29.4 Å². The number of carbonyl (C=O) groups excluding carboxylic acids is 2. The SMILES string of the molecule is CC.CCC(CCCC1CCC2C3CC=C4CC(OC(=O)CCN(CCCN(C)CCCN(CCC(=O)O)CCC(=O)O)CCC(=O)O[C@H]5CC[C@@]6(C)C(=CCC(C(C)C)C6C)C5)CC[C@]4(C)C3CC[C@]12C)C(C)C. The maximum atomic E-state index is 13.7. The van der Waals surface area contributed by atoms with E-state index in [0.717, 1.165) is 113 Å². The minimum Gasteiger partial charge on any atom is -0.481 e. The number of ether oxygens (including phenoxy) is 2. The van der Waals surface area contributed by atoms with E-state index in [1.807, 2.05) is 18.7 Å². The summed E-state index contributed by atoms with van der Waals surface area (Å²) in [6, 6.07) is 0. The lowest BCUT2D eigenvalue weighted by atomic mass is 9.47. The van der Waals surface area contributed by atoms with Crippen LogP contribution in [0.4, 0.5) is 0 Å². The summed E-state index contributed by atoms with van der Waals surface area (Å²) >= 11 is 0. The molecule has 4 saturated carbocycles. The molecule has 0 bridgehead atoms. The number of nitrogens with zero attached hydrogens (tertiary/aromatic N) is 3. The Morgan fingerprint density at radius 2 is 1.17 bits per heavy atom. The van der Waals surface area contributed by atoms with E-state index in [-0.39, 0.29) is 60.7 Å². The Bertz CT molecular complexity index is 1860. The molecule has 0 aromatic rings. The first-order valence-corrected chi connectivity index (χ1v) is 31.0. The van der Waals surface area contributed by atoms with Crippen molar-refractivity contribution in [2.24, 2.45) is 69.5 Å². The van der Waals surface area contributed by atoms with E-state index in [0.29, 0.717) is 55.9 Å². The van der Waals surface area contributed by atoms with Crippen molar-refractivity contribution in [2.45, 2.75) is 230 Å². The van der Waals surface area contributed by atoms with E-state index in [1.54, 1.807) is 5.57 Å². The van der Waals surface area contributed by atoms with Gasteiger partial charge >= 0.3 is 23.9 Å². The molecule has 0 heterocycles. The average molecular weight is 1050 g/mol. The van der Waals surface area contributed by atoms with Crippen LogP contribution >= 0.6 is 0 Å². The highest BCUT2D eigenvalue weighted by molar-refractivity contribution is 5.70. The summed E-state index contributed by atoms with van der Waals surface area (Å²) < 4.78 is 12.5. The number of carbonyl (C=O) groups is 4. The minimum atomic E-state index is -0.885. The smallest absolute Gasteiger partial charge is 0.307 e. The molecule has 0 radical (unpaired) electrons. The van der Waals surface area contributed by atoms with E-state index in [4.69, 9.17) is 9.47 Å². The average Bonchev–Trinajstić information content (AvgIpc) is 3.70. The highest BCUT2D eigenvalue weighted by atomic mass is 16.5. The number of esters is 2. The van der Waals surface area contributed by atoms with Gasteiger partial charge in [-0.2, -0.15) is 0 Å². The quantitative estimate of drug-likeness (QED) is 0.0547. The van der Waals surface area contributed by atoms with Gasteiger partial charge < -0.3 is 34.4 Å². The molecular formula is C64H111N3O8. The van der Waals surface area contributed by atoms with E-state index in [2.05, 4.69) is 91.3 Å². The van der Waals surface area contributed by atoms with Gasteiger partial charge in [0.05, 0.1) is 25.7 Å². The van der Waals surface area contributed by atoms with Crippen LogP contribution in [-0.2, 0) is 28.7 Å². The molecule has 2 N–H and O–H groups in total. The molecule has 8 unspecified atom stereocenters. The topological polar surface area (TPSA) is 137 Å². The second kappa shape index (κ2) is 29.5. The van der Waals surface area contributed by atoms with Crippen molar-refractivity contribution in [3.05, 3.63) is 23.3 Å². The van der Waals surface area contributed by atoms with Gasteiger partial charge in [0.2, 0.25) is 0 Å². The highest BCUT2D eigenvalue weighted by Gasteiger charge is 2.58. The van der Waals surface area contributed by atoms with Crippen LogP contribution in [0.25, 0.3) is 0 Å². The zero-order chi connectivity index (χ0) is 55.1. The van der Waals surface area contributed by atoms with Gasteiger partial charge in [-0.1, -0.05) is 119 Å². The van der Waals surface area contributed by atoms with Crippen molar-refractivity contribution >= 4 is 23.9 Å². The standard InChI is InChI=1S/C62H105N3O8.C2H6/c1-11-46(43(2)3)15-12-16-47-19-22-54-53-21-18-49-42-51(24-31-62(49,9)55(53)25-32-61(47,54)8)73-59(71)29-40-65(36-14-34-63(10)33-13-35-64(37-26-56(66)67)38-27-57(68)69)39-28-58(70)72-50-23-30-60(7)45(6)52(44(4)5)20-17-48(60)41-50;1-2/h17-18,43-47,50-55H,11-16,19-42H2,1-10H3,(H,66,67)(H,68,69);1-2H3/t45?,46?,47?,50-,51?,52?,53?,54?,55?,60+,61+,62-;/m0./s1. The molecule has 75 heavy (non-hydrogen) atoms. The van der Waals surface area contributed by atoms with Crippen molar-refractivity contribution in [2.75, 3.05) is 59.4 Å². The fourth-order valence-corrected chi connectivity index (χ4v) is 16.3. The van der Waals surface area contributed by atoms with Gasteiger partial charge in [-0.3, -0.25) is 19.2 Å². The summed E-state index contributed by atoms with van der Waals surface area (Å²) in [7, 11) is 2.07. The van der Waals surface area contributed by atoms with Gasteiger partial charge in [0.15, 0.2) is 0 Å². The second-order valence-electron chi connectivity index (χ2n) is 26.2. The van der Waals surface area contributed by atoms with Gasteiger partial charge in [-0.15, -0.1) is 0 Å². The number of fused-ring (bicyclic) bond motifs is 6. The molecule has 0 aliphatic heterocycles. The number of rotatable bonds is 29. The number of allylic oxidation sites excluding steroid dienone is 2. The molecule has 0 aromatic carbocycles. The molecule has 0 aromatic heterocycles. The minimum absolute atomic E-state index is 0.0133. The number of hydrogen-bond donors (Lipinski definition) is 2. The van der Waals surface area contributed by atoms with Crippen LogP contribution in [0.15, 0.2) is 23.3 Å². The molecule has 430 valence electrons. The Hall–Kier alpha value is -2.76. The summed E-state index contributed by atoms with van der Waals surface area (Å²) in [6.07, 6.45) is 26.0. The molecule has 0 spiro atoms. The summed E-state index contributed by atoms with van der Waals surface area (Å²) in [6.45, 7) is 30.6. The summed E-state index contributed by atoms with van der Waals surface area (Å²) in [4.78, 5) is 56.1. The van der Waals surface area contributed by atoms with Crippen LogP contribution in [0, 0.1) is 69.5 Å². The third-order valence-electron chi connectivity index (χ3n) is 21.3. The summed E-state index contributed by atoms with van der Waals surface area (Å²) in [5.41, 5.74) is 3.88. The van der Waals surface area contributed by atoms with Gasteiger partial charge in [-0.25, -0.2) is 0 Å². The highest BCUT2D eigenvalue weighted by Crippen LogP contribution is 2.67. The molecule has 11 nitrogen and oxygen atoms in total. The number of aliphatic carboxylic acids is 2. The molecule has 6 aliphatic rings. The van der Waals surface area contributed by atoms with Gasteiger partial charge in [0, 0.05) is 39.0 Å². The predicted molar refractivity (Wildman–Crippen MR) is 304 cm³/mol. The molecule has 4 fully saturated rings. The monoisotopic (exact) mass is 1050 g/mol.